The number of nitrogens with zero attached hydrogens (tertiary/aromatic N) is 4. The molecule has 0 aliphatic rings. The van der Waals surface area contributed by atoms with Crippen molar-refractivity contribution >= 4 is 12.2 Å². The predicted octanol–water partition coefficient (Wildman–Crippen LogP) is 4.61. The first-order valence-electron chi connectivity index (χ1n) is 8.98. The van der Waals surface area contributed by atoms with E-state index in [2.05, 4.69) is 9.84 Å². The SMILES string of the molecule is COc1ccc(-c2nn(CN(C)Cc3ccccc3OC(F)(F)F)c(=S)n2C)cc1. The summed E-state index contributed by atoms with van der Waals surface area (Å²) in [5.74, 6) is 1.19. The maximum atomic E-state index is 12.6. The van der Waals surface area contributed by atoms with Crippen LogP contribution in [0.3, 0.4) is 0 Å². The number of ether oxygens (including phenoxy) is 2. The molecule has 30 heavy (non-hydrogen) atoms. The second kappa shape index (κ2) is 8.88. The zero-order chi connectivity index (χ0) is 21.9. The van der Waals surface area contributed by atoms with Crippen molar-refractivity contribution in [2.75, 3.05) is 14.2 Å². The van der Waals surface area contributed by atoms with Gasteiger partial charge in [0.05, 0.1) is 13.8 Å². The molecular weight excluding hydrogens is 417 g/mol. The molecule has 3 rings (SSSR count). The molecule has 0 amide bonds. The standard InChI is InChI=1S/C20H21F3N4O2S/c1-25(12-15-6-4-5-7-17(15)29-20(21,22)23)13-27-19(30)26(2)18(24-27)14-8-10-16(28-3)11-9-14/h4-11H,12-13H2,1-3H3. The summed E-state index contributed by atoms with van der Waals surface area (Å²) in [7, 11) is 5.19. The number of rotatable bonds is 7. The molecule has 160 valence electrons. The van der Waals surface area contributed by atoms with Crippen molar-refractivity contribution in [3.8, 4) is 22.9 Å². The van der Waals surface area contributed by atoms with Gasteiger partial charge in [0.2, 0.25) is 0 Å². The number of aromatic nitrogens is 3. The Morgan fingerprint density at radius 2 is 1.77 bits per heavy atom. The Balaban J connectivity index is 1.78. The highest BCUT2D eigenvalue weighted by Gasteiger charge is 2.32. The minimum atomic E-state index is -4.74. The Morgan fingerprint density at radius 3 is 2.40 bits per heavy atom. The van der Waals surface area contributed by atoms with E-state index in [4.69, 9.17) is 17.0 Å². The fraction of sp³-hybridized carbons (Fsp3) is 0.300. The Kier molecular flexibility index (Phi) is 6.47. The van der Waals surface area contributed by atoms with E-state index in [0.717, 1.165) is 11.3 Å². The number of hydrogen-bond donors (Lipinski definition) is 0. The molecule has 0 aliphatic carbocycles. The molecule has 6 nitrogen and oxygen atoms in total. The average molecular weight is 438 g/mol. The van der Waals surface area contributed by atoms with Gasteiger partial charge in [0.15, 0.2) is 10.6 Å². The highest BCUT2D eigenvalue weighted by atomic mass is 32.1. The van der Waals surface area contributed by atoms with Crippen molar-refractivity contribution in [2.45, 2.75) is 19.6 Å². The van der Waals surface area contributed by atoms with Gasteiger partial charge < -0.3 is 14.0 Å². The van der Waals surface area contributed by atoms with E-state index in [9.17, 15) is 13.2 Å². The van der Waals surface area contributed by atoms with Crippen molar-refractivity contribution in [2.24, 2.45) is 7.05 Å². The number of para-hydroxylation sites is 1. The summed E-state index contributed by atoms with van der Waals surface area (Å²) in [6, 6.07) is 13.5. The molecule has 0 saturated carbocycles. The number of benzene rings is 2. The van der Waals surface area contributed by atoms with Crippen LogP contribution < -0.4 is 9.47 Å². The summed E-state index contributed by atoms with van der Waals surface area (Å²) in [5, 5.41) is 4.58. The smallest absolute Gasteiger partial charge is 0.497 e. The van der Waals surface area contributed by atoms with Crippen LogP contribution in [0.4, 0.5) is 13.2 Å². The summed E-state index contributed by atoms with van der Waals surface area (Å²) in [6.07, 6.45) is -4.74. The second-order valence-corrected chi connectivity index (χ2v) is 7.07. The minimum absolute atomic E-state index is 0.222. The van der Waals surface area contributed by atoms with Crippen LogP contribution in [-0.2, 0) is 20.3 Å². The van der Waals surface area contributed by atoms with Crippen LogP contribution in [0.1, 0.15) is 5.56 Å². The first-order valence-corrected chi connectivity index (χ1v) is 9.39. The first-order chi connectivity index (χ1) is 14.2. The van der Waals surface area contributed by atoms with Crippen molar-refractivity contribution < 1.29 is 22.6 Å². The van der Waals surface area contributed by atoms with Gasteiger partial charge in [-0.25, -0.2) is 4.68 Å². The fourth-order valence-corrected chi connectivity index (χ4v) is 3.18. The van der Waals surface area contributed by atoms with E-state index < -0.39 is 6.36 Å². The number of halogens is 3. The molecule has 3 aromatic rings. The minimum Gasteiger partial charge on any atom is -0.497 e. The third-order valence-electron chi connectivity index (χ3n) is 4.40. The predicted molar refractivity (Wildman–Crippen MR) is 109 cm³/mol. The van der Waals surface area contributed by atoms with E-state index in [-0.39, 0.29) is 12.3 Å². The summed E-state index contributed by atoms with van der Waals surface area (Å²) in [5.41, 5.74) is 1.28. The van der Waals surface area contributed by atoms with Gasteiger partial charge in [-0.15, -0.1) is 13.2 Å². The summed E-state index contributed by atoms with van der Waals surface area (Å²) in [6.45, 7) is 0.519. The molecule has 0 atom stereocenters. The molecule has 0 unspecified atom stereocenters. The van der Waals surface area contributed by atoms with Crippen LogP contribution in [0, 0.1) is 4.77 Å². The second-order valence-electron chi connectivity index (χ2n) is 6.70. The Bertz CT molecular complexity index is 1060. The van der Waals surface area contributed by atoms with Gasteiger partial charge in [0.25, 0.3) is 0 Å². The highest BCUT2D eigenvalue weighted by Crippen LogP contribution is 2.27. The topological polar surface area (TPSA) is 44.4 Å². The van der Waals surface area contributed by atoms with Gasteiger partial charge in [-0.2, -0.15) is 5.10 Å². The lowest BCUT2D eigenvalue weighted by molar-refractivity contribution is -0.275. The molecule has 10 heteroatoms. The van der Waals surface area contributed by atoms with Crippen LogP contribution in [-0.4, -0.2) is 39.8 Å². The van der Waals surface area contributed by atoms with Gasteiger partial charge in [-0.3, -0.25) is 4.90 Å². The van der Waals surface area contributed by atoms with Crippen LogP contribution in [0.5, 0.6) is 11.5 Å². The number of alkyl halides is 3. The van der Waals surface area contributed by atoms with E-state index in [1.165, 1.54) is 12.1 Å². The third-order valence-corrected chi connectivity index (χ3v) is 4.89. The molecule has 0 bridgehead atoms. The average Bonchev–Trinajstić information content (AvgIpc) is 2.97. The molecule has 0 radical (unpaired) electrons. The Hall–Kier alpha value is -2.85. The normalized spacial score (nSPS) is 11.7. The Labute approximate surface area is 177 Å². The molecule has 2 aromatic carbocycles. The fourth-order valence-electron chi connectivity index (χ4n) is 3.00. The lowest BCUT2D eigenvalue weighted by Crippen LogP contribution is -2.24. The van der Waals surface area contributed by atoms with E-state index in [1.807, 2.05) is 31.3 Å². The molecule has 0 spiro atoms. The summed E-state index contributed by atoms with van der Waals surface area (Å²) >= 11 is 5.48. The highest BCUT2D eigenvalue weighted by molar-refractivity contribution is 7.71. The molecule has 1 heterocycles. The van der Waals surface area contributed by atoms with Crippen LogP contribution in [0.15, 0.2) is 48.5 Å². The maximum Gasteiger partial charge on any atom is 0.573 e. The lowest BCUT2D eigenvalue weighted by Gasteiger charge is -2.19. The van der Waals surface area contributed by atoms with Crippen molar-refractivity contribution in [3.05, 3.63) is 58.9 Å². The Morgan fingerprint density at radius 1 is 1.10 bits per heavy atom. The quantitative estimate of drug-likeness (QED) is 0.504. The first kappa shape index (κ1) is 21.8. The van der Waals surface area contributed by atoms with Gasteiger partial charge in [0, 0.05) is 24.7 Å². The molecule has 0 saturated heterocycles. The summed E-state index contributed by atoms with van der Waals surface area (Å²) in [4.78, 5) is 1.80. The summed E-state index contributed by atoms with van der Waals surface area (Å²) < 4.78 is 51.1. The van der Waals surface area contributed by atoms with Crippen LogP contribution in [0.25, 0.3) is 11.4 Å². The zero-order valence-electron chi connectivity index (χ0n) is 16.7. The van der Waals surface area contributed by atoms with E-state index >= 15 is 0 Å². The number of methoxy groups -OCH3 is 1. The largest absolute Gasteiger partial charge is 0.573 e. The molecule has 1 aromatic heterocycles. The van der Waals surface area contributed by atoms with Crippen molar-refractivity contribution in [1.82, 2.24) is 19.2 Å². The van der Waals surface area contributed by atoms with Crippen LogP contribution in [0.2, 0.25) is 0 Å². The molecular formula is C20H21F3N4O2S. The van der Waals surface area contributed by atoms with Crippen molar-refractivity contribution in [3.63, 3.8) is 0 Å². The zero-order valence-corrected chi connectivity index (χ0v) is 17.5. The maximum absolute atomic E-state index is 12.6. The van der Waals surface area contributed by atoms with Gasteiger partial charge in [-0.05, 0) is 49.6 Å². The van der Waals surface area contributed by atoms with Gasteiger partial charge in [0.1, 0.15) is 11.5 Å². The molecule has 0 aliphatic heterocycles. The molecule has 0 fully saturated rings. The van der Waals surface area contributed by atoms with E-state index in [1.54, 1.807) is 40.4 Å². The third kappa shape index (κ3) is 5.19. The van der Waals surface area contributed by atoms with Gasteiger partial charge in [-0.1, -0.05) is 18.2 Å². The van der Waals surface area contributed by atoms with Gasteiger partial charge >= 0.3 is 6.36 Å². The van der Waals surface area contributed by atoms with Crippen LogP contribution >= 0.6 is 12.2 Å². The van der Waals surface area contributed by atoms with E-state index in [0.29, 0.717) is 22.8 Å². The lowest BCUT2D eigenvalue weighted by atomic mass is 10.2. The number of hydrogen-bond acceptors (Lipinski definition) is 5. The molecule has 0 N–H and O–H groups in total. The monoisotopic (exact) mass is 438 g/mol. The van der Waals surface area contributed by atoms with Crippen molar-refractivity contribution in [1.29, 1.82) is 0 Å².